The van der Waals surface area contributed by atoms with Crippen LogP contribution in [0.3, 0.4) is 0 Å². The average Bonchev–Trinajstić information content (AvgIpc) is 2.43. The van der Waals surface area contributed by atoms with E-state index in [9.17, 15) is 9.18 Å². The van der Waals surface area contributed by atoms with Crippen molar-refractivity contribution in [1.29, 1.82) is 0 Å². The van der Waals surface area contributed by atoms with Crippen molar-refractivity contribution in [3.8, 4) is 0 Å². The lowest BCUT2D eigenvalue weighted by molar-refractivity contribution is 0.248. The monoisotopic (exact) mass is 259 g/mol. The van der Waals surface area contributed by atoms with Crippen molar-refractivity contribution in [2.45, 2.75) is 6.54 Å². The van der Waals surface area contributed by atoms with Gasteiger partial charge in [-0.3, -0.25) is 5.43 Å². The van der Waals surface area contributed by atoms with Crippen LogP contribution in [0, 0.1) is 5.82 Å². The Balaban J connectivity index is 1.74. The second-order valence-electron chi connectivity index (χ2n) is 3.93. The number of rotatable bonds is 4. The fourth-order valence-electron chi connectivity index (χ4n) is 1.52. The van der Waals surface area contributed by atoms with E-state index in [0.717, 1.165) is 5.56 Å². The zero-order chi connectivity index (χ0) is 13.5. The van der Waals surface area contributed by atoms with Crippen LogP contribution in [0.15, 0.2) is 54.6 Å². The summed E-state index contributed by atoms with van der Waals surface area (Å²) in [6.45, 7) is 0.525. The highest BCUT2D eigenvalue weighted by Crippen LogP contribution is 2.07. The van der Waals surface area contributed by atoms with Gasteiger partial charge in [-0.05, 0) is 29.8 Å². The molecule has 19 heavy (non-hydrogen) atoms. The van der Waals surface area contributed by atoms with Crippen molar-refractivity contribution >= 4 is 11.7 Å². The Labute approximate surface area is 110 Å². The maximum Gasteiger partial charge on any atom is 0.333 e. The Morgan fingerprint density at radius 3 is 2.37 bits per heavy atom. The van der Waals surface area contributed by atoms with Crippen LogP contribution in [-0.4, -0.2) is 6.03 Å². The molecule has 5 heteroatoms. The van der Waals surface area contributed by atoms with Gasteiger partial charge in [0, 0.05) is 12.2 Å². The van der Waals surface area contributed by atoms with E-state index >= 15 is 0 Å². The SMILES string of the molecule is O=C(NNCc1ccccc1)Nc1ccc(F)cc1. The highest BCUT2D eigenvalue weighted by atomic mass is 19.1. The summed E-state index contributed by atoms with van der Waals surface area (Å²) in [6.07, 6.45) is 0. The number of anilines is 1. The number of hydrogen-bond acceptors (Lipinski definition) is 2. The number of carbonyl (C=O) groups is 1. The fourth-order valence-corrected chi connectivity index (χ4v) is 1.52. The first kappa shape index (κ1) is 13.0. The molecule has 0 aliphatic rings. The van der Waals surface area contributed by atoms with E-state index in [1.807, 2.05) is 30.3 Å². The normalized spacial score (nSPS) is 9.95. The number of urea groups is 1. The van der Waals surface area contributed by atoms with E-state index < -0.39 is 6.03 Å². The third-order valence-electron chi connectivity index (χ3n) is 2.44. The minimum atomic E-state index is -0.400. The van der Waals surface area contributed by atoms with Crippen LogP contribution in [0.25, 0.3) is 0 Å². The Hall–Kier alpha value is -2.40. The molecule has 0 saturated heterocycles. The molecule has 0 bridgehead atoms. The first-order valence-corrected chi connectivity index (χ1v) is 5.83. The van der Waals surface area contributed by atoms with Gasteiger partial charge in [0.2, 0.25) is 0 Å². The number of benzene rings is 2. The van der Waals surface area contributed by atoms with Crippen molar-refractivity contribution < 1.29 is 9.18 Å². The molecule has 98 valence electrons. The lowest BCUT2D eigenvalue weighted by atomic mass is 10.2. The van der Waals surface area contributed by atoms with Crippen molar-refractivity contribution in [1.82, 2.24) is 10.9 Å². The minimum absolute atomic E-state index is 0.340. The van der Waals surface area contributed by atoms with Crippen LogP contribution >= 0.6 is 0 Å². The lowest BCUT2D eigenvalue weighted by Crippen LogP contribution is -2.39. The van der Waals surface area contributed by atoms with Crippen LogP contribution in [0.5, 0.6) is 0 Å². The number of carbonyl (C=O) groups excluding carboxylic acids is 1. The molecule has 0 spiro atoms. The van der Waals surface area contributed by atoms with Crippen molar-refractivity contribution in [3.63, 3.8) is 0 Å². The summed E-state index contributed by atoms with van der Waals surface area (Å²) >= 11 is 0. The Morgan fingerprint density at radius 1 is 1.00 bits per heavy atom. The number of nitrogens with one attached hydrogen (secondary N) is 3. The fraction of sp³-hybridized carbons (Fsp3) is 0.0714. The molecule has 2 amide bonds. The third kappa shape index (κ3) is 4.40. The van der Waals surface area contributed by atoms with Crippen molar-refractivity contribution in [2.24, 2.45) is 0 Å². The molecule has 0 radical (unpaired) electrons. The molecule has 0 aliphatic heterocycles. The molecule has 3 N–H and O–H groups in total. The van der Waals surface area contributed by atoms with Gasteiger partial charge in [-0.15, -0.1) is 0 Å². The molecule has 0 unspecified atom stereocenters. The number of hydrazine groups is 1. The molecular formula is C14H14FN3O. The van der Waals surface area contributed by atoms with Gasteiger partial charge in [-0.1, -0.05) is 30.3 Å². The van der Waals surface area contributed by atoms with E-state index in [0.29, 0.717) is 12.2 Å². The Kier molecular flexibility index (Phi) is 4.47. The zero-order valence-electron chi connectivity index (χ0n) is 10.2. The molecule has 0 aliphatic carbocycles. The first-order chi connectivity index (χ1) is 9.24. The molecule has 2 aromatic rings. The maximum atomic E-state index is 12.7. The molecule has 0 saturated carbocycles. The van der Waals surface area contributed by atoms with Gasteiger partial charge < -0.3 is 5.32 Å². The highest BCUT2D eigenvalue weighted by Gasteiger charge is 2.00. The van der Waals surface area contributed by atoms with E-state index in [1.165, 1.54) is 24.3 Å². The van der Waals surface area contributed by atoms with Gasteiger partial charge in [0.1, 0.15) is 5.82 Å². The second-order valence-corrected chi connectivity index (χ2v) is 3.93. The Morgan fingerprint density at radius 2 is 1.68 bits per heavy atom. The van der Waals surface area contributed by atoms with Gasteiger partial charge >= 0.3 is 6.03 Å². The van der Waals surface area contributed by atoms with Crippen LogP contribution < -0.4 is 16.2 Å². The maximum absolute atomic E-state index is 12.7. The number of halogens is 1. The Bertz CT molecular complexity index is 528. The standard InChI is InChI=1S/C14H14FN3O/c15-12-6-8-13(9-7-12)17-14(19)18-16-10-11-4-2-1-3-5-11/h1-9,16H,10H2,(H2,17,18,19). The van der Waals surface area contributed by atoms with Gasteiger partial charge in [0.05, 0.1) is 0 Å². The predicted molar refractivity (Wildman–Crippen MR) is 71.8 cm³/mol. The van der Waals surface area contributed by atoms with Gasteiger partial charge in [0.15, 0.2) is 0 Å². The smallest absolute Gasteiger partial charge is 0.307 e. The topological polar surface area (TPSA) is 53.2 Å². The quantitative estimate of drug-likeness (QED) is 0.739. The van der Waals surface area contributed by atoms with Crippen molar-refractivity contribution in [3.05, 3.63) is 66.0 Å². The highest BCUT2D eigenvalue weighted by molar-refractivity contribution is 5.88. The van der Waals surface area contributed by atoms with Crippen LogP contribution in [0.2, 0.25) is 0 Å². The average molecular weight is 259 g/mol. The number of hydrogen-bond donors (Lipinski definition) is 3. The molecule has 2 aromatic carbocycles. The summed E-state index contributed by atoms with van der Waals surface area (Å²) in [5.41, 5.74) is 6.89. The van der Waals surface area contributed by atoms with Gasteiger partial charge in [-0.2, -0.15) is 0 Å². The van der Waals surface area contributed by atoms with Crippen LogP contribution in [-0.2, 0) is 6.54 Å². The first-order valence-electron chi connectivity index (χ1n) is 5.83. The minimum Gasteiger partial charge on any atom is -0.307 e. The van der Waals surface area contributed by atoms with Gasteiger partial charge in [0.25, 0.3) is 0 Å². The van der Waals surface area contributed by atoms with E-state index in [-0.39, 0.29) is 5.82 Å². The van der Waals surface area contributed by atoms with Crippen molar-refractivity contribution in [2.75, 3.05) is 5.32 Å². The summed E-state index contributed by atoms with van der Waals surface area (Å²) in [4.78, 5) is 11.5. The van der Waals surface area contributed by atoms with Gasteiger partial charge in [-0.25, -0.2) is 14.6 Å². The zero-order valence-corrected chi connectivity index (χ0v) is 10.2. The summed E-state index contributed by atoms with van der Waals surface area (Å²) in [6, 6.07) is 14.8. The molecule has 4 nitrogen and oxygen atoms in total. The number of amides is 2. The third-order valence-corrected chi connectivity index (χ3v) is 2.44. The van der Waals surface area contributed by atoms with Crippen LogP contribution in [0.1, 0.15) is 5.56 Å². The summed E-state index contributed by atoms with van der Waals surface area (Å²) in [5.74, 6) is -0.340. The molecule has 2 rings (SSSR count). The summed E-state index contributed by atoms with van der Waals surface area (Å²) < 4.78 is 12.7. The molecule has 0 fully saturated rings. The largest absolute Gasteiger partial charge is 0.333 e. The predicted octanol–water partition coefficient (Wildman–Crippen LogP) is 2.65. The van der Waals surface area contributed by atoms with E-state index in [2.05, 4.69) is 16.2 Å². The summed E-state index contributed by atoms with van der Waals surface area (Å²) in [5, 5.41) is 2.58. The van der Waals surface area contributed by atoms with E-state index in [4.69, 9.17) is 0 Å². The molecule has 0 aromatic heterocycles. The molecule has 0 heterocycles. The molecule has 0 atom stereocenters. The summed E-state index contributed by atoms with van der Waals surface area (Å²) in [7, 11) is 0. The molecular weight excluding hydrogens is 245 g/mol. The lowest BCUT2D eigenvalue weighted by Gasteiger charge is -2.08. The van der Waals surface area contributed by atoms with Crippen LogP contribution in [0.4, 0.5) is 14.9 Å². The van der Waals surface area contributed by atoms with E-state index in [1.54, 1.807) is 0 Å². The second kappa shape index (κ2) is 6.51.